The molecule has 2 N–H and O–H groups in total. The molecule has 0 amide bonds. The van der Waals surface area contributed by atoms with Crippen LogP contribution in [0.5, 0.6) is 0 Å². The number of allylic oxidation sites excluding steroid dienone is 1. The van der Waals surface area contributed by atoms with Crippen molar-refractivity contribution in [2.24, 2.45) is 0 Å². The minimum atomic E-state index is -1.36. The van der Waals surface area contributed by atoms with Crippen molar-refractivity contribution in [2.75, 3.05) is 13.6 Å². The quantitative estimate of drug-likeness (QED) is 0.363. The summed E-state index contributed by atoms with van der Waals surface area (Å²) in [7, 11) is 1.70. The van der Waals surface area contributed by atoms with Crippen LogP contribution in [0.4, 0.5) is 0 Å². The second-order valence-electron chi connectivity index (χ2n) is 2.96. The van der Waals surface area contributed by atoms with Gasteiger partial charge in [-0.3, -0.25) is 0 Å². The van der Waals surface area contributed by atoms with Gasteiger partial charge in [-0.25, -0.2) is 9.59 Å². The standard InChI is InChI=1S/C8H11NO4/c1-9-4-2-3-5(9)6(7(10)11)8(12)13/h2-4H2,1H3,(H,10,11)(H,12,13). The summed E-state index contributed by atoms with van der Waals surface area (Å²) < 4.78 is 0. The van der Waals surface area contributed by atoms with Crippen LogP contribution in [0.1, 0.15) is 12.8 Å². The molecule has 1 aliphatic heterocycles. The number of hydrogen-bond acceptors (Lipinski definition) is 3. The Balaban J connectivity index is 3.08. The summed E-state index contributed by atoms with van der Waals surface area (Å²) in [5.41, 5.74) is -0.0833. The Morgan fingerprint density at radius 2 is 1.85 bits per heavy atom. The molecule has 0 atom stereocenters. The van der Waals surface area contributed by atoms with E-state index >= 15 is 0 Å². The van der Waals surface area contributed by atoms with E-state index in [0.29, 0.717) is 12.1 Å². The summed E-state index contributed by atoms with van der Waals surface area (Å²) in [6.45, 7) is 0.722. The molecule has 0 unspecified atom stereocenters. The molecule has 1 saturated heterocycles. The molecule has 0 aliphatic carbocycles. The van der Waals surface area contributed by atoms with E-state index in [0.717, 1.165) is 13.0 Å². The van der Waals surface area contributed by atoms with Gasteiger partial charge in [-0.05, 0) is 12.8 Å². The maximum Gasteiger partial charge on any atom is 0.344 e. The van der Waals surface area contributed by atoms with E-state index in [1.807, 2.05) is 0 Å². The van der Waals surface area contributed by atoms with E-state index in [1.165, 1.54) is 0 Å². The van der Waals surface area contributed by atoms with E-state index in [2.05, 4.69) is 0 Å². The van der Waals surface area contributed by atoms with Gasteiger partial charge in [0.2, 0.25) is 0 Å². The number of carbonyl (C=O) groups is 2. The molecule has 1 aliphatic rings. The first-order valence-electron chi connectivity index (χ1n) is 3.95. The molecule has 0 aromatic carbocycles. The van der Waals surface area contributed by atoms with Crippen LogP contribution >= 0.6 is 0 Å². The van der Waals surface area contributed by atoms with Gasteiger partial charge in [-0.15, -0.1) is 0 Å². The largest absolute Gasteiger partial charge is 0.477 e. The lowest BCUT2D eigenvalue weighted by molar-refractivity contribution is -0.140. The second-order valence-corrected chi connectivity index (χ2v) is 2.96. The highest BCUT2D eigenvalue weighted by molar-refractivity contribution is 6.13. The first-order valence-corrected chi connectivity index (χ1v) is 3.95. The fraction of sp³-hybridized carbons (Fsp3) is 0.500. The second kappa shape index (κ2) is 3.47. The molecule has 0 bridgehead atoms. The van der Waals surface area contributed by atoms with Crippen molar-refractivity contribution in [3.8, 4) is 0 Å². The predicted octanol–water partition coefficient (Wildman–Crippen LogP) is 0.135. The van der Waals surface area contributed by atoms with Gasteiger partial charge in [0.05, 0.1) is 0 Å². The fourth-order valence-electron chi connectivity index (χ4n) is 1.46. The topological polar surface area (TPSA) is 77.8 Å². The normalized spacial score (nSPS) is 16.1. The molecular formula is C8H11NO4. The van der Waals surface area contributed by atoms with Gasteiger partial charge in [0.1, 0.15) is 0 Å². The third kappa shape index (κ3) is 1.80. The Hall–Kier alpha value is -1.52. The molecule has 5 heteroatoms. The smallest absolute Gasteiger partial charge is 0.344 e. The highest BCUT2D eigenvalue weighted by atomic mass is 16.4. The van der Waals surface area contributed by atoms with E-state index in [9.17, 15) is 9.59 Å². The Bertz CT molecular complexity index is 266. The molecule has 0 saturated carbocycles. The van der Waals surface area contributed by atoms with Crippen LogP contribution in [0.3, 0.4) is 0 Å². The van der Waals surface area contributed by atoms with Crippen LogP contribution in [0.15, 0.2) is 11.3 Å². The summed E-state index contributed by atoms with van der Waals surface area (Å²) in [5, 5.41) is 17.3. The number of nitrogens with zero attached hydrogens (tertiary/aromatic N) is 1. The zero-order valence-corrected chi connectivity index (χ0v) is 7.28. The van der Waals surface area contributed by atoms with Gasteiger partial charge in [0, 0.05) is 19.3 Å². The van der Waals surface area contributed by atoms with Gasteiger partial charge >= 0.3 is 11.9 Å². The van der Waals surface area contributed by atoms with Gasteiger partial charge in [-0.1, -0.05) is 0 Å². The maximum absolute atomic E-state index is 10.6. The van der Waals surface area contributed by atoms with Crippen molar-refractivity contribution in [1.29, 1.82) is 0 Å². The van der Waals surface area contributed by atoms with Crippen molar-refractivity contribution < 1.29 is 19.8 Å². The van der Waals surface area contributed by atoms with Crippen LogP contribution in [0.2, 0.25) is 0 Å². The number of likely N-dealkylation sites (tertiary alicyclic amines) is 1. The molecule has 0 aromatic rings. The van der Waals surface area contributed by atoms with Crippen LogP contribution in [0.25, 0.3) is 0 Å². The summed E-state index contributed by atoms with van der Waals surface area (Å²) in [5.74, 6) is -2.73. The van der Waals surface area contributed by atoms with E-state index in [4.69, 9.17) is 10.2 Å². The van der Waals surface area contributed by atoms with Crippen LogP contribution in [0, 0.1) is 0 Å². The lowest BCUT2D eigenvalue weighted by Gasteiger charge is -2.13. The molecule has 1 heterocycles. The molecule has 72 valence electrons. The molecule has 1 rings (SSSR count). The average molecular weight is 185 g/mol. The number of carboxylic acids is 2. The number of rotatable bonds is 2. The Morgan fingerprint density at radius 3 is 2.15 bits per heavy atom. The van der Waals surface area contributed by atoms with Crippen molar-refractivity contribution in [1.82, 2.24) is 4.90 Å². The predicted molar refractivity (Wildman–Crippen MR) is 44.2 cm³/mol. The number of aliphatic carboxylic acids is 2. The van der Waals surface area contributed by atoms with E-state index in [-0.39, 0.29) is 0 Å². The summed E-state index contributed by atoms with van der Waals surface area (Å²) >= 11 is 0. The Morgan fingerprint density at radius 1 is 1.31 bits per heavy atom. The lowest BCUT2D eigenvalue weighted by atomic mass is 10.1. The van der Waals surface area contributed by atoms with Crippen LogP contribution in [-0.4, -0.2) is 40.6 Å². The van der Waals surface area contributed by atoms with Gasteiger partial charge in [-0.2, -0.15) is 0 Å². The number of carboxylic acid groups (broad SMARTS) is 2. The van der Waals surface area contributed by atoms with Crippen LogP contribution < -0.4 is 0 Å². The van der Waals surface area contributed by atoms with Gasteiger partial charge in [0.25, 0.3) is 0 Å². The zero-order valence-electron chi connectivity index (χ0n) is 7.28. The van der Waals surface area contributed by atoms with E-state index in [1.54, 1.807) is 11.9 Å². The molecule has 0 radical (unpaired) electrons. The first kappa shape index (κ1) is 9.57. The van der Waals surface area contributed by atoms with Crippen LogP contribution in [-0.2, 0) is 9.59 Å². The van der Waals surface area contributed by atoms with Crippen molar-refractivity contribution in [3.63, 3.8) is 0 Å². The minimum absolute atomic E-state index is 0.417. The summed E-state index contributed by atoms with van der Waals surface area (Å²) in [6, 6.07) is 0. The summed E-state index contributed by atoms with van der Waals surface area (Å²) in [4.78, 5) is 22.9. The average Bonchev–Trinajstić information content (AvgIpc) is 2.35. The maximum atomic E-state index is 10.6. The Labute approximate surface area is 75.3 Å². The molecule has 5 nitrogen and oxygen atoms in total. The van der Waals surface area contributed by atoms with E-state index < -0.39 is 17.5 Å². The highest BCUT2D eigenvalue weighted by Gasteiger charge is 2.26. The number of hydrogen-bond donors (Lipinski definition) is 2. The fourth-order valence-corrected chi connectivity index (χ4v) is 1.46. The van der Waals surface area contributed by atoms with Crippen molar-refractivity contribution in [2.45, 2.75) is 12.8 Å². The molecule has 13 heavy (non-hydrogen) atoms. The Kier molecular flexibility index (Phi) is 2.55. The first-order chi connectivity index (χ1) is 6.04. The zero-order chi connectivity index (χ0) is 10.0. The van der Waals surface area contributed by atoms with Crippen molar-refractivity contribution in [3.05, 3.63) is 11.3 Å². The minimum Gasteiger partial charge on any atom is -0.477 e. The molecule has 0 aromatic heterocycles. The third-order valence-electron chi connectivity index (χ3n) is 2.08. The highest BCUT2D eigenvalue weighted by Crippen LogP contribution is 2.22. The molecule has 0 spiro atoms. The lowest BCUT2D eigenvalue weighted by Crippen LogP contribution is -2.20. The third-order valence-corrected chi connectivity index (χ3v) is 2.08. The SMILES string of the molecule is CN1CCCC1=C(C(=O)O)C(=O)O. The van der Waals surface area contributed by atoms with Crippen molar-refractivity contribution >= 4 is 11.9 Å². The summed E-state index contributed by atoms with van der Waals surface area (Å²) in [6.07, 6.45) is 1.35. The molecule has 1 fully saturated rings. The van der Waals surface area contributed by atoms with Gasteiger partial charge < -0.3 is 15.1 Å². The van der Waals surface area contributed by atoms with Gasteiger partial charge in [0.15, 0.2) is 5.57 Å². The molecular weight excluding hydrogens is 174 g/mol. The monoisotopic (exact) mass is 185 g/mol.